The number of ether oxygens (including phenoxy) is 1. The number of esters is 1. The van der Waals surface area contributed by atoms with Gasteiger partial charge < -0.3 is 10.1 Å². The largest absolute Gasteiger partial charge is 0.460 e. The Morgan fingerprint density at radius 1 is 1.31 bits per heavy atom. The molecule has 2 aliphatic rings. The molecule has 0 aliphatic heterocycles. The van der Waals surface area contributed by atoms with Crippen LogP contribution in [0.25, 0.3) is 0 Å². The van der Waals surface area contributed by atoms with Crippen LogP contribution in [-0.4, -0.2) is 34.8 Å². The van der Waals surface area contributed by atoms with Gasteiger partial charge in [-0.1, -0.05) is 0 Å². The van der Waals surface area contributed by atoms with Gasteiger partial charge in [0.1, 0.15) is 11.1 Å². The van der Waals surface area contributed by atoms with Crippen molar-refractivity contribution in [2.45, 2.75) is 50.2 Å². The number of thioether (sulfide) groups is 1. The number of hydrogen-bond acceptors (Lipinski definition) is 7. The maximum Gasteiger partial charge on any atom is 0.376 e. The molecule has 0 radical (unpaired) electrons. The number of carbonyl (C=O) groups is 3. The molecule has 1 fully saturated rings. The van der Waals surface area contributed by atoms with Crippen LogP contribution in [0, 0.1) is 11.3 Å². The molecule has 1 saturated carbocycles. The number of amides is 1. The molecule has 1 heterocycles. The van der Waals surface area contributed by atoms with Crippen LogP contribution in [0.2, 0.25) is 0 Å². The van der Waals surface area contributed by atoms with Crippen molar-refractivity contribution in [2.75, 3.05) is 17.7 Å². The van der Waals surface area contributed by atoms with E-state index in [0.717, 1.165) is 31.2 Å². The number of anilines is 1. The van der Waals surface area contributed by atoms with Crippen LogP contribution in [0.15, 0.2) is 0 Å². The molecule has 0 unspecified atom stereocenters. The number of thiophene rings is 1. The molecule has 1 aromatic rings. The number of fused-ring (bicyclic) bond motifs is 1. The maximum absolute atomic E-state index is 12.3. The molecule has 3 rings (SSSR count). The fourth-order valence-electron chi connectivity index (χ4n) is 3.07. The second-order valence-electron chi connectivity index (χ2n) is 6.41. The standard InChI is InChI=1S/C18H20N2O4S2/c1-2-24-17(23)15(22)18(7-8-18)25-10-14(21)20-16-12(9-19)11-5-3-4-6-13(11)26-16/h2-8,10H2,1H3,(H,20,21). The molecule has 0 atom stereocenters. The van der Waals surface area contributed by atoms with E-state index in [1.807, 2.05) is 0 Å². The second kappa shape index (κ2) is 7.80. The molecule has 2 aliphatic carbocycles. The Bertz CT molecular complexity index is 790. The topological polar surface area (TPSA) is 96.3 Å². The minimum absolute atomic E-state index is 0.0680. The van der Waals surface area contributed by atoms with Crippen LogP contribution in [0.1, 0.15) is 48.6 Å². The predicted molar refractivity (Wildman–Crippen MR) is 100 cm³/mol. The highest BCUT2D eigenvalue weighted by Crippen LogP contribution is 2.49. The van der Waals surface area contributed by atoms with Crippen molar-refractivity contribution < 1.29 is 19.1 Å². The van der Waals surface area contributed by atoms with Crippen LogP contribution >= 0.6 is 23.1 Å². The van der Waals surface area contributed by atoms with Crippen molar-refractivity contribution in [2.24, 2.45) is 0 Å². The number of hydrogen-bond donors (Lipinski definition) is 1. The summed E-state index contributed by atoms with van der Waals surface area (Å²) < 4.78 is 3.96. The number of carbonyl (C=O) groups excluding carboxylic acids is 3. The molecule has 0 aromatic carbocycles. The fraction of sp³-hybridized carbons (Fsp3) is 0.556. The van der Waals surface area contributed by atoms with Gasteiger partial charge in [0.15, 0.2) is 0 Å². The van der Waals surface area contributed by atoms with Gasteiger partial charge in [-0.25, -0.2) is 4.79 Å². The third kappa shape index (κ3) is 3.79. The van der Waals surface area contributed by atoms with Gasteiger partial charge in [-0.3, -0.25) is 9.59 Å². The summed E-state index contributed by atoms with van der Waals surface area (Å²) in [5.74, 6) is -1.57. The molecule has 0 bridgehead atoms. The van der Waals surface area contributed by atoms with E-state index in [2.05, 4.69) is 11.4 Å². The predicted octanol–water partition coefficient (Wildman–Crippen LogP) is 2.84. The van der Waals surface area contributed by atoms with Crippen LogP contribution < -0.4 is 5.32 Å². The van der Waals surface area contributed by atoms with E-state index in [0.29, 0.717) is 23.4 Å². The van der Waals surface area contributed by atoms with Gasteiger partial charge in [0.25, 0.3) is 5.78 Å². The summed E-state index contributed by atoms with van der Waals surface area (Å²) in [5, 5.41) is 12.9. The molecule has 1 N–H and O–H groups in total. The third-order valence-electron chi connectivity index (χ3n) is 4.59. The molecule has 6 nitrogen and oxygen atoms in total. The normalized spacial score (nSPS) is 16.9. The highest BCUT2D eigenvalue weighted by atomic mass is 32.2. The molecule has 26 heavy (non-hydrogen) atoms. The molecule has 0 saturated heterocycles. The minimum Gasteiger partial charge on any atom is -0.460 e. The average molecular weight is 393 g/mol. The summed E-state index contributed by atoms with van der Waals surface area (Å²) in [4.78, 5) is 37.3. The van der Waals surface area contributed by atoms with Gasteiger partial charge in [-0.2, -0.15) is 5.26 Å². The van der Waals surface area contributed by atoms with Crippen LogP contribution in [0.4, 0.5) is 5.00 Å². The zero-order valence-electron chi connectivity index (χ0n) is 14.6. The van der Waals surface area contributed by atoms with Crippen molar-refractivity contribution in [3.05, 3.63) is 16.0 Å². The quantitative estimate of drug-likeness (QED) is 0.566. The number of nitrogens with zero attached hydrogens (tertiary/aromatic N) is 1. The SMILES string of the molecule is CCOC(=O)C(=O)C1(SCC(=O)Nc2sc3c(c2C#N)CCCC3)CC1. The Hall–Kier alpha value is -1.85. The first-order valence-corrected chi connectivity index (χ1v) is 10.5. The van der Waals surface area contributed by atoms with Gasteiger partial charge in [-0.05, 0) is 51.0 Å². The van der Waals surface area contributed by atoms with E-state index in [-0.39, 0.29) is 18.3 Å². The zero-order valence-corrected chi connectivity index (χ0v) is 16.2. The van der Waals surface area contributed by atoms with Crippen LogP contribution in [0.3, 0.4) is 0 Å². The van der Waals surface area contributed by atoms with E-state index in [1.54, 1.807) is 6.92 Å². The van der Waals surface area contributed by atoms with E-state index in [9.17, 15) is 19.6 Å². The second-order valence-corrected chi connectivity index (χ2v) is 8.87. The van der Waals surface area contributed by atoms with Gasteiger partial charge in [0.2, 0.25) is 5.91 Å². The van der Waals surface area contributed by atoms with Gasteiger partial charge in [0.05, 0.1) is 22.7 Å². The first-order chi connectivity index (χ1) is 12.5. The number of Topliss-reactive ketones (excluding diaryl/α,β-unsaturated/α-hetero) is 1. The number of nitrogens with one attached hydrogen (secondary N) is 1. The number of nitriles is 1. The lowest BCUT2D eigenvalue weighted by atomic mass is 9.96. The Morgan fingerprint density at radius 3 is 2.69 bits per heavy atom. The maximum atomic E-state index is 12.3. The van der Waals surface area contributed by atoms with E-state index < -0.39 is 16.5 Å². The van der Waals surface area contributed by atoms with Gasteiger partial charge in [-0.15, -0.1) is 23.1 Å². The highest BCUT2D eigenvalue weighted by Gasteiger charge is 2.53. The first kappa shape index (κ1) is 18.9. The zero-order chi connectivity index (χ0) is 18.7. The van der Waals surface area contributed by atoms with E-state index in [4.69, 9.17) is 4.74 Å². The Labute approximate surface area is 160 Å². The number of ketones is 1. The van der Waals surface area contributed by atoms with Gasteiger partial charge in [0, 0.05) is 4.88 Å². The summed E-state index contributed by atoms with van der Waals surface area (Å²) in [5.41, 5.74) is 1.65. The first-order valence-electron chi connectivity index (χ1n) is 8.70. The highest BCUT2D eigenvalue weighted by molar-refractivity contribution is 8.02. The molecule has 1 amide bonds. The summed E-state index contributed by atoms with van der Waals surface area (Å²) in [6.45, 7) is 1.81. The average Bonchev–Trinajstić information content (AvgIpc) is 3.35. The lowest BCUT2D eigenvalue weighted by Gasteiger charge is -2.12. The summed E-state index contributed by atoms with van der Waals surface area (Å²) in [6.07, 6.45) is 5.19. The Kier molecular flexibility index (Phi) is 5.68. The molecule has 8 heteroatoms. The van der Waals surface area contributed by atoms with Crippen molar-refractivity contribution in [1.82, 2.24) is 0 Å². The monoisotopic (exact) mass is 392 g/mol. The van der Waals surface area contributed by atoms with Crippen molar-refractivity contribution in [3.63, 3.8) is 0 Å². The fourth-order valence-corrected chi connectivity index (χ4v) is 5.41. The van der Waals surface area contributed by atoms with Crippen molar-refractivity contribution in [3.8, 4) is 6.07 Å². The molecular formula is C18H20N2O4S2. The van der Waals surface area contributed by atoms with E-state index in [1.165, 1.54) is 28.0 Å². The minimum atomic E-state index is -0.824. The summed E-state index contributed by atoms with van der Waals surface area (Å²) >= 11 is 2.66. The molecule has 138 valence electrons. The smallest absolute Gasteiger partial charge is 0.376 e. The molecule has 1 aromatic heterocycles. The summed E-state index contributed by atoms with van der Waals surface area (Å²) in [6, 6.07) is 2.21. The molecular weight excluding hydrogens is 372 g/mol. The lowest BCUT2D eigenvalue weighted by Crippen LogP contribution is -2.31. The summed E-state index contributed by atoms with van der Waals surface area (Å²) in [7, 11) is 0. The Balaban J connectivity index is 1.60. The molecule has 0 spiro atoms. The number of aryl methyl sites for hydroxylation is 1. The van der Waals surface area contributed by atoms with Crippen LogP contribution in [-0.2, 0) is 32.0 Å². The van der Waals surface area contributed by atoms with E-state index >= 15 is 0 Å². The third-order valence-corrected chi connectivity index (χ3v) is 7.35. The van der Waals surface area contributed by atoms with Crippen LogP contribution in [0.5, 0.6) is 0 Å². The van der Waals surface area contributed by atoms with Crippen molar-refractivity contribution in [1.29, 1.82) is 5.26 Å². The lowest BCUT2D eigenvalue weighted by molar-refractivity contribution is -0.153. The number of rotatable bonds is 7. The Morgan fingerprint density at radius 2 is 2.04 bits per heavy atom. The van der Waals surface area contributed by atoms with Crippen molar-refractivity contribution >= 4 is 45.8 Å². The van der Waals surface area contributed by atoms with Gasteiger partial charge >= 0.3 is 5.97 Å².